The minimum Gasteiger partial charge on any atom is -0.493 e. The zero-order valence-electron chi connectivity index (χ0n) is 8.22. The average molecular weight is 340 g/mol. The third-order valence-corrected chi connectivity index (χ3v) is 3.27. The molecule has 0 fully saturated rings. The molecule has 0 radical (unpaired) electrons. The van der Waals surface area contributed by atoms with Gasteiger partial charge in [0.2, 0.25) is 0 Å². The lowest BCUT2D eigenvalue weighted by atomic mass is 10.2. The summed E-state index contributed by atoms with van der Waals surface area (Å²) >= 11 is 7.97. The van der Waals surface area contributed by atoms with E-state index in [1.807, 2.05) is 6.92 Å². The second-order valence-corrected chi connectivity index (χ2v) is 4.54. The van der Waals surface area contributed by atoms with Gasteiger partial charge < -0.3 is 10.5 Å². The Bertz CT molecular complexity index is 382. The van der Waals surface area contributed by atoms with Crippen LogP contribution in [0.3, 0.4) is 0 Å². The van der Waals surface area contributed by atoms with Gasteiger partial charge in [-0.25, -0.2) is 0 Å². The van der Waals surface area contributed by atoms with Crippen molar-refractivity contribution in [3.05, 3.63) is 26.3 Å². The first-order valence-electron chi connectivity index (χ1n) is 4.48. The number of hydrogen-bond acceptors (Lipinski definition) is 2. The summed E-state index contributed by atoms with van der Waals surface area (Å²) in [6, 6.07) is 3.26. The van der Waals surface area contributed by atoms with Crippen molar-refractivity contribution in [3.8, 4) is 5.75 Å². The summed E-state index contributed by atoms with van der Waals surface area (Å²) < 4.78 is 6.26. The van der Waals surface area contributed by atoms with Crippen molar-refractivity contribution in [1.29, 1.82) is 0 Å². The first kappa shape index (κ1) is 12.6. The lowest BCUT2D eigenvalue weighted by Crippen LogP contribution is -2.13. The molecule has 1 aromatic carbocycles. The van der Waals surface area contributed by atoms with Crippen molar-refractivity contribution in [2.75, 3.05) is 6.61 Å². The van der Waals surface area contributed by atoms with Crippen LogP contribution in [0.2, 0.25) is 5.02 Å². The Hall–Kier alpha value is -0.490. The molecular weight excluding hydrogens is 328 g/mol. The monoisotopic (exact) mass is 339 g/mol. The molecule has 0 unspecified atom stereocenters. The number of carbonyl (C=O) groups excluding carboxylic acids is 1. The van der Waals surface area contributed by atoms with Gasteiger partial charge in [0.25, 0.3) is 5.91 Å². The lowest BCUT2D eigenvalue weighted by molar-refractivity contribution is 0.0996. The molecule has 3 nitrogen and oxygen atoms in total. The van der Waals surface area contributed by atoms with Crippen LogP contribution < -0.4 is 10.5 Å². The first-order valence-corrected chi connectivity index (χ1v) is 5.93. The van der Waals surface area contributed by atoms with Crippen LogP contribution in [0.25, 0.3) is 0 Å². The Kier molecular flexibility index (Phi) is 4.66. The Balaban J connectivity index is 3.10. The van der Waals surface area contributed by atoms with E-state index in [0.717, 1.165) is 9.99 Å². The molecule has 0 spiro atoms. The Labute approximate surface area is 107 Å². The van der Waals surface area contributed by atoms with E-state index < -0.39 is 5.91 Å². The number of ether oxygens (including phenoxy) is 1. The smallest absolute Gasteiger partial charge is 0.252 e. The van der Waals surface area contributed by atoms with Crippen LogP contribution in [0, 0.1) is 3.57 Å². The van der Waals surface area contributed by atoms with Gasteiger partial charge in [-0.3, -0.25) is 4.79 Å². The fourth-order valence-electron chi connectivity index (χ4n) is 1.05. The van der Waals surface area contributed by atoms with E-state index in [4.69, 9.17) is 22.1 Å². The number of amides is 1. The predicted molar refractivity (Wildman–Crippen MR) is 68.5 cm³/mol. The number of carbonyl (C=O) groups is 1. The van der Waals surface area contributed by atoms with Gasteiger partial charge in [-0.05, 0) is 41.1 Å². The summed E-state index contributed by atoms with van der Waals surface area (Å²) in [7, 11) is 0. The van der Waals surface area contributed by atoms with Gasteiger partial charge in [-0.1, -0.05) is 18.5 Å². The number of hydrogen-bond donors (Lipinski definition) is 1. The summed E-state index contributed by atoms with van der Waals surface area (Å²) in [5, 5.41) is 0.508. The van der Waals surface area contributed by atoms with Crippen molar-refractivity contribution in [2.45, 2.75) is 13.3 Å². The predicted octanol–water partition coefficient (Wildman–Crippen LogP) is 2.83. The fourth-order valence-corrected chi connectivity index (χ4v) is 1.65. The summed E-state index contributed by atoms with van der Waals surface area (Å²) in [6.45, 7) is 2.54. The number of rotatable bonds is 4. The number of nitrogens with two attached hydrogens (primary N) is 1. The van der Waals surface area contributed by atoms with Crippen LogP contribution in [0.5, 0.6) is 5.75 Å². The second kappa shape index (κ2) is 5.55. The summed E-state index contributed by atoms with van der Waals surface area (Å²) in [6.07, 6.45) is 0.872. The minimum atomic E-state index is -0.528. The van der Waals surface area contributed by atoms with Gasteiger partial charge in [-0.2, -0.15) is 0 Å². The molecule has 0 aliphatic carbocycles. The molecule has 2 N–H and O–H groups in total. The fraction of sp³-hybridized carbons (Fsp3) is 0.300. The van der Waals surface area contributed by atoms with E-state index in [1.165, 1.54) is 6.07 Å². The van der Waals surface area contributed by atoms with Crippen molar-refractivity contribution < 1.29 is 9.53 Å². The number of halogens is 2. The lowest BCUT2D eigenvalue weighted by Gasteiger charge is -2.10. The van der Waals surface area contributed by atoms with Crippen molar-refractivity contribution >= 4 is 40.1 Å². The molecule has 0 saturated carbocycles. The Morgan fingerprint density at radius 3 is 2.80 bits per heavy atom. The molecular formula is C10H11ClINO2. The highest BCUT2D eigenvalue weighted by Crippen LogP contribution is 2.28. The Morgan fingerprint density at radius 1 is 1.60 bits per heavy atom. The van der Waals surface area contributed by atoms with Gasteiger partial charge in [-0.15, -0.1) is 0 Å². The van der Waals surface area contributed by atoms with E-state index in [-0.39, 0.29) is 0 Å². The van der Waals surface area contributed by atoms with Crippen LogP contribution >= 0.6 is 34.2 Å². The SMILES string of the molecule is CCCOc1cc(I)c(Cl)cc1C(N)=O. The highest BCUT2D eigenvalue weighted by Gasteiger charge is 2.12. The molecule has 15 heavy (non-hydrogen) atoms. The molecule has 0 aromatic heterocycles. The van der Waals surface area contributed by atoms with E-state index in [1.54, 1.807) is 6.07 Å². The molecule has 0 saturated heterocycles. The maximum absolute atomic E-state index is 11.1. The normalized spacial score (nSPS) is 10.1. The van der Waals surface area contributed by atoms with Crippen LogP contribution in [-0.4, -0.2) is 12.5 Å². The van der Waals surface area contributed by atoms with Crippen molar-refractivity contribution in [1.82, 2.24) is 0 Å². The molecule has 1 rings (SSSR count). The van der Waals surface area contributed by atoms with Crippen LogP contribution in [0.1, 0.15) is 23.7 Å². The molecule has 0 bridgehead atoms. The summed E-state index contributed by atoms with van der Waals surface area (Å²) in [5.41, 5.74) is 5.55. The molecule has 82 valence electrons. The molecule has 0 atom stereocenters. The van der Waals surface area contributed by atoms with Crippen molar-refractivity contribution in [2.24, 2.45) is 5.73 Å². The highest BCUT2D eigenvalue weighted by molar-refractivity contribution is 14.1. The maximum Gasteiger partial charge on any atom is 0.252 e. The Morgan fingerprint density at radius 2 is 2.27 bits per heavy atom. The van der Waals surface area contributed by atoms with Gasteiger partial charge in [0.1, 0.15) is 5.75 Å². The van der Waals surface area contributed by atoms with Crippen LogP contribution in [0.15, 0.2) is 12.1 Å². The topological polar surface area (TPSA) is 52.3 Å². The largest absolute Gasteiger partial charge is 0.493 e. The van der Waals surface area contributed by atoms with Gasteiger partial charge >= 0.3 is 0 Å². The quantitative estimate of drug-likeness (QED) is 0.858. The zero-order chi connectivity index (χ0) is 11.4. The molecule has 0 heterocycles. The maximum atomic E-state index is 11.1. The van der Waals surface area contributed by atoms with Gasteiger partial charge in [0, 0.05) is 3.57 Å². The number of primary amides is 1. The molecule has 1 aromatic rings. The van der Waals surface area contributed by atoms with Crippen LogP contribution in [0.4, 0.5) is 0 Å². The number of benzene rings is 1. The van der Waals surface area contributed by atoms with Crippen molar-refractivity contribution in [3.63, 3.8) is 0 Å². The van der Waals surface area contributed by atoms with Gasteiger partial charge in [0.05, 0.1) is 17.2 Å². The minimum absolute atomic E-state index is 0.328. The summed E-state index contributed by atoms with van der Waals surface area (Å²) in [4.78, 5) is 11.1. The molecule has 0 aliphatic heterocycles. The third-order valence-electron chi connectivity index (χ3n) is 1.75. The van der Waals surface area contributed by atoms with E-state index >= 15 is 0 Å². The molecule has 1 amide bonds. The van der Waals surface area contributed by atoms with E-state index in [9.17, 15) is 4.79 Å². The molecule has 5 heteroatoms. The average Bonchev–Trinajstić information content (AvgIpc) is 2.19. The standard InChI is InChI=1S/C10H11ClINO2/c1-2-3-15-9-5-8(12)7(11)4-6(9)10(13)14/h4-5H,2-3H2,1H3,(H2,13,14). The highest BCUT2D eigenvalue weighted by atomic mass is 127. The van der Waals surface area contributed by atoms with E-state index in [0.29, 0.717) is 22.9 Å². The molecule has 0 aliphatic rings. The van der Waals surface area contributed by atoms with Gasteiger partial charge in [0.15, 0.2) is 0 Å². The first-order chi connectivity index (χ1) is 7.06. The summed E-state index contributed by atoms with van der Waals surface area (Å²) in [5.74, 6) is -0.0300. The zero-order valence-corrected chi connectivity index (χ0v) is 11.1. The van der Waals surface area contributed by atoms with E-state index in [2.05, 4.69) is 22.6 Å². The van der Waals surface area contributed by atoms with Crippen LogP contribution in [-0.2, 0) is 0 Å². The second-order valence-electron chi connectivity index (χ2n) is 2.98. The third kappa shape index (κ3) is 3.24.